The van der Waals surface area contributed by atoms with Gasteiger partial charge in [0, 0.05) is 5.75 Å². The third-order valence-corrected chi connectivity index (χ3v) is 4.12. The summed E-state index contributed by atoms with van der Waals surface area (Å²) in [6.07, 6.45) is 3.43. The lowest BCUT2D eigenvalue weighted by Crippen LogP contribution is -2.27. The molecule has 2 heterocycles. The molecule has 0 radical (unpaired) electrons. The second-order valence-electron chi connectivity index (χ2n) is 2.97. The predicted octanol–water partition coefficient (Wildman–Crippen LogP) is 2.01. The highest BCUT2D eigenvalue weighted by Gasteiger charge is 2.38. The Morgan fingerprint density at radius 2 is 2.14 bits per heavy atom. The van der Waals surface area contributed by atoms with Crippen LogP contribution in [0.3, 0.4) is 0 Å². The summed E-state index contributed by atoms with van der Waals surface area (Å²) in [5.74, 6) is 0.725. The molecule has 14 heavy (non-hydrogen) atoms. The van der Waals surface area contributed by atoms with Crippen molar-refractivity contribution >= 4 is 41.2 Å². The van der Waals surface area contributed by atoms with E-state index in [1.807, 2.05) is 22.9 Å². The summed E-state index contributed by atoms with van der Waals surface area (Å²) in [4.78, 5) is 22.0. The standard InChI is InChI=1S/C10H8O2S2/c11-6-10(7-12)9(2-4-14-10)8-1-3-13-5-8/h1-3,5-7H,4H2. The van der Waals surface area contributed by atoms with Gasteiger partial charge in [-0.05, 0) is 28.0 Å². The molecule has 0 bridgehead atoms. The van der Waals surface area contributed by atoms with Gasteiger partial charge >= 0.3 is 0 Å². The van der Waals surface area contributed by atoms with Crippen molar-refractivity contribution in [3.05, 3.63) is 28.5 Å². The molecule has 1 aromatic heterocycles. The summed E-state index contributed by atoms with van der Waals surface area (Å²) in [5, 5.41) is 3.90. The molecule has 0 fully saturated rings. The maximum Gasteiger partial charge on any atom is 0.152 e. The molecular formula is C10H8O2S2. The zero-order valence-corrected chi connectivity index (χ0v) is 8.94. The van der Waals surface area contributed by atoms with E-state index >= 15 is 0 Å². The number of hydrogen-bond acceptors (Lipinski definition) is 4. The summed E-state index contributed by atoms with van der Waals surface area (Å²) < 4.78 is -0.957. The van der Waals surface area contributed by atoms with E-state index < -0.39 is 4.75 Å². The van der Waals surface area contributed by atoms with Crippen LogP contribution >= 0.6 is 23.1 Å². The van der Waals surface area contributed by atoms with Crippen molar-refractivity contribution in [3.63, 3.8) is 0 Å². The van der Waals surface area contributed by atoms with Gasteiger partial charge in [0.1, 0.15) is 12.6 Å². The molecule has 4 heteroatoms. The van der Waals surface area contributed by atoms with Crippen LogP contribution in [0.4, 0.5) is 0 Å². The van der Waals surface area contributed by atoms with Crippen molar-refractivity contribution in [2.45, 2.75) is 4.75 Å². The Labute approximate surface area is 90.0 Å². The minimum atomic E-state index is -0.957. The highest BCUT2D eigenvalue weighted by Crippen LogP contribution is 2.42. The average molecular weight is 224 g/mol. The van der Waals surface area contributed by atoms with Crippen LogP contribution in [0.15, 0.2) is 22.9 Å². The van der Waals surface area contributed by atoms with Gasteiger partial charge in [-0.2, -0.15) is 11.3 Å². The van der Waals surface area contributed by atoms with Crippen LogP contribution < -0.4 is 0 Å². The molecule has 1 aliphatic rings. The molecule has 0 spiro atoms. The largest absolute Gasteiger partial charge is 0.301 e. The van der Waals surface area contributed by atoms with Crippen molar-refractivity contribution in [3.8, 4) is 0 Å². The first-order valence-corrected chi connectivity index (χ1v) is 6.05. The quantitative estimate of drug-likeness (QED) is 0.582. The minimum absolute atomic E-state index is 0.725. The topological polar surface area (TPSA) is 34.1 Å². The van der Waals surface area contributed by atoms with Crippen LogP contribution in [0.25, 0.3) is 5.57 Å². The van der Waals surface area contributed by atoms with Crippen LogP contribution in [0.1, 0.15) is 5.56 Å². The normalized spacial score (nSPS) is 19.0. The Bertz CT molecular complexity index is 371. The molecule has 0 saturated heterocycles. The van der Waals surface area contributed by atoms with E-state index in [4.69, 9.17) is 0 Å². The van der Waals surface area contributed by atoms with E-state index in [0.717, 1.165) is 29.5 Å². The number of rotatable bonds is 3. The van der Waals surface area contributed by atoms with E-state index in [0.29, 0.717) is 0 Å². The molecule has 1 aliphatic heterocycles. The van der Waals surface area contributed by atoms with Crippen LogP contribution in [0.2, 0.25) is 0 Å². The van der Waals surface area contributed by atoms with E-state index in [1.165, 1.54) is 11.8 Å². The Morgan fingerprint density at radius 3 is 2.71 bits per heavy atom. The van der Waals surface area contributed by atoms with Gasteiger partial charge in [0.15, 0.2) is 4.75 Å². The molecule has 2 rings (SSSR count). The van der Waals surface area contributed by atoms with Gasteiger partial charge in [0.05, 0.1) is 0 Å². The molecule has 2 nitrogen and oxygen atoms in total. The Hall–Kier alpha value is -0.870. The lowest BCUT2D eigenvalue weighted by atomic mass is 9.96. The smallest absolute Gasteiger partial charge is 0.152 e. The fourth-order valence-corrected chi connectivity index (χ4v) is 3.16. The monoisotopic (exact) mass is 224 g/mol. The zero-order valence-electron chi connectivity index (χ0n) is 7.30. The van der Waals surface area contributed by atoms with Crippen LogP contribution in [-0.4, -0.2) is 23.1 Å². The van der Waals surface area contributed by atoms with Crippen LogP contribution in [0.5, 0.6) is 0 Å². The minimum Gasteiger partial charge on any atom is -0.301 e. The first kappa shape index (κ1) is 9.68. The van der Waals surface area contributed by atoms with Gasteiger partial charge < -0.3 is 9.59 Å². The summed E-state index contributed by atoms with van der Waals surface area (Å²) in [6.45, 7) is 0. The van der Waals surface area contributed by atoms with Crippen LogP contribution in [0, 0.1) is 0 Å². The third-order valence-electron chi connectivity index (χ3n) is 2.21. The van der Waals surface area contributed by atoms with Gasteiger partial charge in [-0.3, -0.25) is 0 Å². The summed E-state index contributed by atoms with van der Waals surface area (Å²) in [7, 11) is 0. The summed E-state index contributed by atoms with van der Waals surface area (Å²) in [6, 6.07) is 1.93. The predicted molar refractivity (Wildman–Crippen MR) is 59.6 cm³/mol. The Balaban J connectivity index is 2.44. The van der Waals surface area contributed by atoms with Gasteiger partial charge in [-0.25, -0.2) is 0 Å². The van der Waals surface area contributed by atoms with Gasteiger partial charge in [-0.1, -0.05) is 6.08 Å². The van der Waals surface area contributed by atoms with E-state index in [1.54, 1.807) is 11.3 Å². The molecule has 0 aromatic carbocycles. The first-order chi connectivity index (χ1) is 6.82. The number of hydrogen-bond donors (Lipinski definition) is 0. The van der Waals surface area contributed by atoms with Gasteiger partial charge in [-0.15, -0.1) is 11.8 Å². The van der Waals surface area contributed by atoms with Gasteiger partial charge in [0.2, 0.25) is 0 Å². The van der Waals surface area contributed by atoms with E-state index in [-0.39, 0.29) is 0 Å². The first-order valence-electron chi connectivity index (χ1n) is 4.12. The number of thioether (sulfide) groups is 1. The van der Waals surface area contributed by atoms with Crippen LogP contribution in [-0.2, 0) is 9.59 Å². The molecule has 0 atom stereocenters. The third kappa shape index (κ3) is 1.35. The van der Waals surface area contributed by atoms with Crippen molar-refractivity contribution in [1.82, 2.24) is 0 Å². The lowest BCUT2D eigenvalue weighted by molar-refractivity contribution is -0.115. The fourth-order valence-electron chi connectivity index (χ4n) is 1.48. The molecular weight excluding hydrogens is 216 g/mol. The molecule has 0 amide bonds. The number of carbonyl (C=O) groups excluding carboxylic acids is 2. The number of carbonyl (C=O) groups is 2. The van der Waals surface area contributed by atoms with Crippen molar-refractivity contribution in [2.24, 2.45) is 0 Å². The summed E-state index contributed by atoms with van der Waals surface area (Å²) in [5.41, 5.74) is 1.83. The zero-order chi connectivity index (χ0) is 10.0. The van der Waals surface area contributed by atoms with Crippen molar-refractivity contribution < 1.29 is 9.59 Å². The number of thiophene rings is 1. The Kier molecular flexibility index (Phi) is 2.56. The van der Waals surface area contributed by atoms with Crippen molar-refractivity contribution in [1.29, 1.82) is 0 Å². The maximum atomic E-state index is 11.0. The summed E-state index contributed by atoms with van der Waals surface area (Å²) >= 11 is 2.94. The molecule has 0 N–H and O–H groups in total. The number of aldehydes is 2. The van der Waals surface area contributed by atoms with E-state index in [9.17, 15) is 9.59 Å². The maximum absolute atomic E-state index is 11.0. The fraction of sp³-hybridized carbons (Fsp3) is 0.200. The Morgan fingerprint density at radius 1 is 1.36 bits per heavy atom. The average Bonchev–Trinajstić information content (AvgIpc) is 2.86. The highest BCUT2D eigenvalue weighted by molar-refractivity contribution is 8.03. The van der Waals surface area contributed by atoms with E-state index in [2.05, 4.69) is 0 Å². The molecule has 0 saturated carbocycles. The highest BCUT2D eigenvalue weighted by atomic mass is 32.2. The molecule has 1 aromatic rings. The molecule has 72 valence electrons. The molecule has 0 aliphatic carbocycles. The van der Waals surface area contributed by atoms with Gasteiger partial charge in [0.25, 0.3) is 0 Å². The van der Waals surface area contributed by atoms with Crippen molar-refractivity contribution in [2.75, 3.05) is 5.75 Å². The second kappa shape index (κ2) is 3.71. The lowest BCUT2D eigenvalue weighted by Gasteiger charge is -2.17. The SMILES string of the molecule is O=CC1(C=O)SCC=C1c1ccsc1. The molecule has 0 unspecified atom stereocenters. The second-order valence-corrected chi connectivity index (χ2v) is 5.05.